The fourth-order valence-corrected chi connectivity index (χ4v) is 1.30. The van der Waals surface area contributed by atoms with Crippen LogP contribution in [0.1, 0.15) is 13.8 Å². The molecule has 1 N–H and O–H groups in total. The monoisotopic (exact) mass is 258 g/mol. The van der Waals surface area contributed by atoms with Gasteiger partial charge in [-0.25, -0.2) is 4.98 Å². The van der Waals surface area contributed by atoms with Crippen LogP contribution in [0.5, 0.6) is 5.88 Å². The van der Waals surface area contributed by atoms with Crippen LogP contribution in [0.2, 0.25) is 0 Å². The Kier molecular flexibility index (Phi) is 4.90. The summed E-state index contributed by atoms with van der Waals surface area (Å²) in [6.45, 7) is 5.76. The molecule has 0 aliphatic heterocycles. The standard InChI is InChI=1S/C10H15BrN2O/c1-3-12-8(2)7-14-10-5-4-9(11)6-13-10/h4-6,8,12H,3,7H2,1-2H3. The summed E-state index contributed by atoms with van der Waals surface area (Å²) in [6.07, 6.45) is 1.73. The van der Waals surface area contributed by atoms with Gasteiger partial charge in [-0.2, -0.15) is 0 Å². The fourth-order valence-electron chi connectivity index (χ4n) is 1.07. The third kappa shape index (κ3) is 4.07. The van der Waals surface area contributed by atoms with Gasteiger partial charge in [0.05, 0.1) is 0 Å². The molecular formula is C10H15BrN2O. The molecule has 4 heteroatoms. The predicted octanol–water partition coefficient (Wildman–Crippen LogP) is 2.22. The summed E-state index contributed by atoms with van der Waals surface area (Å²) in [6, 6.07) is 4.12. The van der Waals surface area contributed by atoms with Gasteiger partial charge in [-0.15, -0.1) is 0 Å². The van der Waals surface area contributed by atoms with Gasteiger partial charge in [0.25, 0.3) is 0 Å². The lowest BCUT2D eigenvalue weighted by Gasteiger charge is -2.12. The minimum absolute atomic E-state index is 0.352. The van der Waals surface area contributed by atoms with Crippen molar-refractivity contribution in [3.63, 3.8) is 0 Å². The summed E-state index contributed by atoms with van der Waals surface area (Å²) in [5, 5.41) is 3.27. The number of nitrogens with one attached hydrogen (secondary N) is 1. The SMILES string of the molecule is CCNC(C)COc1ccc(Br)cn1. The molecule has 0 aromatic carbocycles. The maximum atomic E-state index is 5.48. The summed E-state index contributed by atoms with van der Waals surface area (Å²) in [4.78, 5) is 4.11. The van der Waals surface area contributed by atoms with Crippen molar-refractivity contribution in [1.82, 2.24) is 10.3 Å². The number of rotatable bonds is 5. The van der Waals surface area contributed by atoms with Gasteiger partial charge in [0.1, 0.15) is 6.61 Å². The molecule has 3 nitrogen and oxygen atoms in total. The van der Waals surface area contributed by atoms with Crippen molar-refractivity contribution in [3.8, 4) is 5.88 Å². The van der Waals surface area contributed by atoms with Crippen molar-refractivity contribution in [3.05, 3.63) is 22.8 Å². The maximum absolute atomic E-state index is 5.48. The van der Waals surface area contributed by atoms with Crippen LogP contribution in [-0.4, -0.2) is 24.2 Å². The summed E-state index contributed by atoms with van der Waals surface area (Å²) < 4.78 is 6.44. The van der Waals surface area contributed by atoms with E-state index in [9.17, 15) is 0 Å². The summed E-state index contributed by atoms with van der Waals surface area (Å²) in [5.41, 5.74) is 0. The van der Waals surface area contributed by atoms with Crippen LogP contribution < -0.4 is 10.1 Å². The van der Waals surface area contributed by atoms with Crippen molar-refractivity contribution in [2.75, 3.05) is 13.2 Å². The highest BCUT2D eigenvalue weighted by Crippen LogP contribution is 2.12. The van der Waals surface area contributed by atoms with Crippen LogP contribution in [-0.2, 0) is 0 Å². The lowest BCUT2D eigenvalue weighted by Crippen LogP contribution is -2.31. The second kappa shape index (κ2) is 5.98. The molecule has 1 rings (SSSR count). The van der Waals surface area contributed by atoms with E-state index in [0.717, 1.165) is 11.0 Å². The van der Waals surface area contributed by atoms with Crippen LogP contribution in [0.25, 0.3) is 0 Å². The first-order valence-corrected chi connectivity index (χ1v) is 5.49. The molecule has 0 aliphatic carbocycles. The van der Waals surface area contributed by atoms with Crippen LogP contribution in [0, 0.1) is 0 Å². The molecular weight excluding hydrogens is 244 g/mol. The highest BCUT2D eigenvalue weighted by Gasteiger charge is 2.01. The minimum atomic E-state index is 0.352. The molecule has 1 heterocycles. The zero-order valence-electron chi connectivity index (χ0n) is 8.46. The van der Waals surface area contributed by atoms with E-state index in [1.165, 1.54) is 0 Å². The summed E-state index contributed by atoms with van der Waals surface area (Å²) >= 11 is 3.32. The zero-order valence-corrected chi connectivity index (χ0v) is 10.0. The lowest BCUT2D eigenvalue weighted by molar-refractivity contribution is 0.266. The van der Waals surface area contributed by atoms with Gasteiger partial charge in [0.2, 0.25) is 5.88 Å². The summed E-state index contributed by atoms with van der Waals surface area (Å²) in [7, 11) is 0. The molecule has 1 aromatic heterocycles. The van der Waals surface area contributed by atoms with Crippen molar-refractivity contribution < 1.29 is 4.74 Å². The Morgan fingerprint density at radius 3 is 2.93 bits per heavy atom. The van der Waals surface area contributed by atoms with E-state index in [1.807, 2.05) is 12.1 Å². The number of likely N-dealkylation sites (N-methyl/N-ethyl adjacent to an activating group) is 1. The van der Waals surface area contributed by atoms with Crippen molar-refractivity contribution in [2.45, 2.75) is 19.9 Å². The lowest BCUT2D eigenvalue weighted by atomic mass is 10.3. The van der Waals surface area contributed by atoms with Crippen molar-refractivity contribution >= 4 is 15.9 Å². The Morgan fingerprint density at radius 2 is 2.36 bits per heavy atom. The van der Waals surface area contributed by atoms with E-state index in [4.69, 9.17) is 4.74 Å². The normalized spacial score (nSPS) is 12.5. The average Bonchev–Trinajstić information content (AvgIpc) is 2.17. The quantitative estimate of drug-likeness (QED) is 0.880. The Labute approximate surface area is 93.0 Å². The summed E-state index contributed by atoms with van der Waals surface area (Å²) in [5.74, 6) is 0.665. The molecule has 0 radical (unpaired) electrons. The van der Waals surface area contributed by atoms with Gasteiger partial charge in [-0.3, -0.25) is 0 Å². The molecule has 0 saturated carbocycles. The number of hydrogen-bond acceptors (Lipinski definition) is 3. The highest BCUT2D eigenvalue weighted by atomic mass is 79.9. The highest BCUT2D eigenvalue weighted by molar-refractivity contribution is 9.10. The third-order valence-corrected chi connectivity index (χ3v) is 2.20. The number of halogens is 1. The third-order valence-electron chi connectivity index (χ3n) is 1.73. The van der Waals surface area contributed by atoms with Gasteiger partial charge in [0, 0.05) is 22.8 Å². The van der Waals surface area contributed by atoms with Crippen LogP contribution in [0.3, 0.4) is 0 Å². The second-order valence-electron chi connectivity index (χ2n) is 3.08. The van der Waals surface area contributed by atoms with E-state index in [-0.39, 0.29) is 0 Å². The van der Waals surface area contributed by atoms with Gasteiger partial charge in [-0.1, -0.05) is 6.92 Å². The number of aromatic nitrogens is 1. The van der Waals surface area contributed by atoms with E-state index < -0.39 is 0 Å². The molecule has 0 aliphatic rings. The molecule has 1 aromatic rings. The molecule has 0 spiro atoms. The number of ether oxygens (including phenoxy) is 1. The Bertz CT molecular complexity index is 263. The Balaban J connectivity index is 2.34. The zero-order chi connectivity index (χ0) is 10.4. The van der Waals surface area contributed by atoms with Crippen molar-refractivity contribution in [2.24, 2.45) is 0 Å². The van der Waals surface area contributed by atoms with Gasteiger partial charge in [0.15, 0.2) is 0 Å². The number of hydrogen-bond donors (Lipinski definition) is 1. The number of pyridine rings is 1. The minimum Gasteiger partial charge on any atom is -0.476 e. The molecule has 0 saturated heterocycles. The second-order valence-corrected chi connectivity index (χ2v) is 4.00. The van der Waals surface area contributed by atoms with E-state index in [0.29, 0.717) is 18.5 Å². The smallest absolute Gasteiger partial charge is 0.213 e. The van der Waals surface area contributed by atoms with E-state index in [2.05, 4.69) is 40.1 Å². The van der Waals surface area contributed by atoms with E-state index in [1.54, 1.807) is 6.20 Å². The Morgan fingerprint density at radius 1 is 1.57 bits per heavy atom. The van der Waals surface area contributed by atoms with Gasteiger partial charge in [-0.05, 0) is 35.5 Å². The largest absolute Gasteiger partial charge is 0.476 e. The first kappa shape index (κ1) is 11.5. The van der Waals surface area contributed by atoms with Gasteiger partial charge >= 0.3 is 0 Å². The van der Waals surface area contributed by atoms with E-state index >= 15 is 0 Å². The van der Waals surface area contributed by atoms with Crippen molar-refractivity contribution in [1.29, 1.82) is 0 Å². The number of nitrogens with zero attached hydrogens (tertiary/aromatic N) is 1. The molecule has 0 bridgehead atoms. The topological polar surface area (TPSA) is 34.1 Å². The first-order chi connectivity index (χ1) is 6.72. The maximum Gasteiger partial charge on any atom is 0.213 e. The van der Waals surface area contributed by atoms with Crippen LogP contribution in [0.15, 0.2) is 22.8 Å². The van der Waals surface area contributed by atoms with Crippen LogP contribution >= 0.6 is 15.9 Å². The fraction of sp³-hybridized carbons (Fsp3) is 0.500. The Hall–Kier alpha value is -0.610. The molecule has 14 heavy (non-hydrogen) atoms. The first-order valence-electron chi connectivity index (χ1n) is 4.70. The molecule has 0 amide bonds. The predicted molar refractivity (Wildman–Crippen MR) is 60.6 cm³/mol. The molecule has 0 fully saturated rings. The van der Waals surface area contributed by atoms with Crippen LogP contribution in [0.4, 0.5) is 0 Å². The molecule has 1 atom stereocenters. The van der Waals surface area contributed by atoms with Gasteiger partial charge < -0.3 is 10.1 Å². The molecule has 1 unspecified atom stereocenters. The molecule has 78 valence electrons. The average molecular weight is 259 g/mol.